The molecule has 0 atom stereocenters. The number of carbonyl (C=O) groups excluding carboxylic acids is 1. The zero-order chi connectivity index (χ0) is 19.1. The maximum Gasteiger partial charge on any atom is 0.254 e. The van der Waals surface area contributed by atoms with E-state index in [4.69, 9.17) is 0 Å². The first-order valence-electron chi connectivity index (χ1n) is 9.38. The summed E-state index contributed by atoms with van der Waals surface area (Å²) in [6.07, 6.45) is 3.36. The van der Waals surface area contributed by atoms with Crippen molar-refractivity contribution in [3.63, 3.8) is 0 Å². The van der Waals surface area contributed by atoms with E-state index in [2.05, 4.69) is 41.3 Å². The lowest BCUT2D eigenvalue weighted by molar-refractivity contribution is 0.0950. The van der Waals surface area contributed by atoms with Crippen molar-refractivity contribution >= 4 is 5.91 Å². The van der Waals surface area contributed by atoms with Crippen molar-refractivity contribution in [2.24, 2.45) is 0 Å². The van der Waals surface area contributed by atoms with E-state index in [0.717, 1.165) is 30.9 Å². The molecule has 0 aliphatic rings. The van der Waals surface area contributed by atoms with E-state index in [9.17, 15) is 4.79 Å². The van der Waals surface area contributed by atoms with Crippen molar-refractivity contribution in [1.82, 2.24) is 20.0 Å². The highest BCUT2D eigenvalue weighted by Crippen LogP contribution is 2.13. The topological polar surface area (TPSA) is 50.2 Å². The first-order valence-corrected chi connectivity index (χ1v) is 9.38. The van der Waals surface area contributed by atoms with Gasteiger partial charge in [-0.2, -0.15) is 5.10 Å². The molecule has 0 radical (unpaired) electrons. The molecule has 0 spiro atoms. The molecule has 3 rings (SSSR count). The molecule has 0 aliphatic carbocycles. The summed E-state index contributed by atoms with van der Waals surface area (Å²) >= 11 is 0. The standard InChI is InChI=1S/C22H26N4O/c1-3-25(4-2)16-19-11-9-8-10-18(19)14-23-22(27)20-15-24-26(17-20)21-12-6-5-7-13-21/h5-13,15,17H,3-4,14,16H2,1-2H3,(H,23,27). The molecule has 1 heterocycles. The average molecular weight is 362 g/mol. The molecule has 1 amide bonds. The van der Waals surface area contributed by atoms with E-state index in [1.54, 1.807) is 17.1 Å². The zero-order valence-corrected chi connectivity index (χ0v) is 15.9. The lowest BCUT2D eigenvalue weighted by atomic mass is 10.1. The fraction of sp³-hybridized carbons (Fsp3) is 0.273. The molecule has 1 N–H and O–H groups in total. The fourth-order valence-corrected chi connectivity index (χ4v) is 3.01. The van der Waals surface area contributed by atoms with Crippen molar-refractivity contribution in [1.29, 1.82) is 0 Å². The number of carbonyl (C=O) groups is 1. The third-order valence-electron chi connectivity index (χ3n) is 4.71. The van der Waals surface area contributed by atoms with Gasteiger partial charge in [0.25, 0.3) is 5.91 Å². The summed E-state index contributed by atoms with van der Waals surface area (Å²) in [6, 6.07) is 18.0. The molecule has 3 aromatic rings. The highest BCUT2D eigenvalue weighted by Gasteiger charge is 2.11. The van der Waals surface area contributed by atoms with Crippen LogP contribution >= 0.6 is 0 Å². The lowest BCUT2D eigenvalue weighted by Gasteiger charge is -2.20. The van der Waals surface area contributed by atoms with Crippen molar-refractivity contribution in [3.8, 4) is 5.69 Å². The molecule has 0 unspecified atom stereocenters. The summed E-state index contributed by atoms with van der Waals surface area (Å²) < 4.78 is 1.71. The predicted molar refractivity (Wildman–Crippen MR) is 108 cm³/mol. The molecule has 0 fully saturated rings. The Balaban J connectivity index is 1.65. The highest BCUT2D eigenvalue weighted by molar-refractivity contribution is 5.93. The van der Waals surface area contributed by atoms with Crippen LogP contribution in [-0.4, -0.2) is 33.7 Å². The second-order valence-corrected chi connectivity index (χ2v) is 6.42. The van der Waals surface area contributed by atoms with Crippen molar-refractivity contribution in [2.75, 3.05) is 13.1 Å². The zero-order valence-electron chi connectivity index (χ0n) is 15.9. The Hall–Kier alpha value is -2.92. The molecule has 0 aliphatic heterocycles. The quantitative estimate of drug-likeness (QED) is 0.665. The van der Waals surface area contributed by atoms with Crippen molar-refractivity contribution in [3.05, 3.63) is 83.7 Å². The monoisotopic (exact) mass is 362 g/mol. The van der Waals surface area contributed by atoms with E-state index in [1.165, 1.54) is 5.56 Å². The second kappa shape index (κ2) is 9.14. The van der Waals surface area contributed by atoms with Gasteiger partial charge in [-0.15, -0.1) is 0 Å². The minimum Gasteiger partial charge on any atom is -0.348 e. The second-order valence-electron chi connectivity index (χ2n) is 6.42. The molecule has 2 aromatic carbocycles. The third-order valence-corrected chi connectivity index (χ3v) is 4.71. The van der Waals surface area contributed by atoms with E-state index >= 15 is 0 Å². The number of rotatable bonds is 8. The Bertz CT molecular complexity index is 869. The Labute approximate surface area is 160 Å². The number of nitrogens with zero attached hydrogens (tertiary/aromatic N) is 3. The summed E-state index contributed by atoms with van der Waals surface area (Å²) in [5, 5.41) is 7.31. The molecular weight excluding hydrogens is 336 g/mol. The molecule has 5 heteroatoms. The lowest BCUT2D eigenvalue weighted by Crippen LogP contribution is -2.26. The minimum absolute atomic E-state index is 0.116. The van der Waals surface area contributed by atoms with Gasteiger partial charge in [0.1, 0.15) is 0 Å². The van der Waals surface area contributed by atoms with E-state index in [0.29, 0.717) is 12.1 Å². The van der Waals surface area contributed by atoms with Gasteiger partial charge in [0, 0.05) is 19.3 Å². The van der Waals surface area contributed by atoms with Gasteiger partial charge in [-0.3, -0.25) is 9.69 Å². The number of para-hydroxylation sites is 1. The van der Waals surface area contributed by atoms with Crippen LogP contribution in [0, 0.1) is 0 Å². The summed E-state index contributed by atoms with van der Waals surface area (Å²) in [5.74, 6) is -0.116. The van der Waals surface area contributed by atoms with E-state index < -0.39 is 0 Å². The van der Waals surface area contributed by atoms with Gasteiger partial charge < -0.3 is 5.32 Å². The van der Waals surface area contributed by atoms with Crippen molar-refractivity contribution < 1.29 is 4.79 Å². The Morgan fingerprint density at radius 1 is 1.00 bits per heavy atom. The van der Waals surface area contributed by atoms with Crippen LogP contribution in [0.25, 0.3) is 5.69 Å². The Morgan fingerprint density at radius 3 is 2.37 bits per heavy atom. The van der Waals surface area contributed by atoms with Gasteiger partial charge in [0.05, 0.1) is 17.4 Å². The first-order chi connectivity index (χ1) is 13.2. The summed E-state index contributed by atoms with van der Waals surface area (Å²) in [7, 11) is 0. The molecule has 0 saturated heterocycles. The number of amides is 1. The van der Waals surface area contributed by atoms with Gasteiger partial charge in [-0.05, 0) is 36.3 Å². The molecule has 0 saturated carbocycles. The van der Waals surface area contributed by atoms with Crippen LogP contribution in [0.5, 0.6) is 0 Å². The summed E-state index contributed by atoms with van der Waals surface area (Å²) in [4.78, 5) is 14.9. The number of hydrogen-bond acceptors (Lipinski definition) is 3. The van der Waals surface area contributed by atoms with Crippen LogP contribution in [0.3, 0.4) is 0 Å². The fourth-order valence-electron chi connectivity index (χ4n) is 3.01. The largest absolute Gasteiger partial charge is 0.348 e. The molecule has 1 aromatic heterocycles. The summed E-state index contributed by atoms with van der Waals surface area (Å²) in [6.45, 7) is 7.75. The third kappa shape index (κ3) is 4.83. The van der Waals surface area contributed by atoms with Crippen LogP contribution in [-0.2, 0) is 13.1 Å². The van der Waals surface area contributed by atoms with Crippen LogP contribution in [0.2, 0.25) is 0 Å². The van der Waals surface area contributed by atoms with Gasteiger partial charge in [-0.1, -0.05) is 56.3 Å². The predicted octanol–water partition coefficient (Wildman–Crippen LogP) is 3.64. The Morgan fingerprint density at radius 2 is 1.67 bits per heavy atom. The van der Waals surface area contributed by atoms with Crippen LogP contribution in [0.15, 0.2) is 67.0 Å². The summed E-state index contributed by atoms with van der Waals surface area (Å²) in [5.41, 5.74) is 3.89. The number of aromatic nitrogens is 2. The van der Waals surface area contributed by atoms with Gasteiger partial charge in [0.2, 0.25) is 0 Å². The van der Waals surface area contributed by atoms with E-state index in [-0.39, 0.29) is 5.91 Å². The normalized spacial score (nSPS) is 10.9. The van der Waals surface area contributed by atoms with E-state index in [1.807, 2.05) is 42.5 Å². The highest BCUT2D eigenvalue weighted by atomic mass is 16.1. The average Bonchev–Trinajstić information content (AvgIpc) is 3.22. The first kappa shape index (κ1) is 18.9. The van der Waals surface area contributed by atoms with Gasteiger partial charge >= 0.3 is 0 Å². The maximum absolute atomic E-state index is 12.5. The van der Waals surface area contributed by atoms with Gasteiger partial charge in [-0.25, -0.2) is 4.68 Å². The SMILES string of the molecule is CCN(CC)Cc1ccccc1CNC(=O)c1cnn(-c2ccccc2)c1. The van der Waals surface area contributed by atoms with Crippen LogP contribution in [0.1, 0.15) is 35.3 Å². The maximum atomic E-state index is 12.5. The van der Waals surface area contributed by atoms with Crippen LogP contribution in [0.4, 0.5) is 0 Å². The van der Waals surface area contributed by atoms with Crippen molar-refractivity contribution in [2.45, 2.75) is 26.9 Å². The molecule has 140 valence electrons. The number of hydrogen-bond donors (Lipinski definition) is 1. The molecular formula is C22H26N4O. The number of benzene rings is 2. The molecule has 5 nitrogen and oxygen atoms in total. The molecule has 27 heavy (non-hydrogen) atoms. The minimum atomic E-state index is -0.116. The molecule has 0 bridgehead atoms. The Kier molecular flexibility index (Phi) is 6.39. The van der Waals surface area contributed by atoms with Gasteiger partial charge in [0.15, 0.2) is 0 Å². The number of nitrogens with one attached hydrogen (secondary N) is 1. The van der Waals surface area contributed by atoms with Crippen LogP contribution < -0.4 is 5.32 Å². The smallest absolute Gasteiger partial charge is 0.254 e.